The van der Waals surface area contributed by atoms with Gasteiger partial charge >= 0.3 is 0 Å². The fourth-order valence-electron chi connectivity index (χ4n) is 4.05. The molecule has 5 rings (SSSR count). The van der Waals surface area contributed by atoms with Crippen LogP contribution in [0.5, 0.6) is 0 Å². The van der Waals surface area contributed by atoms with Crippen LogP contribution in [0.4, 0.5) is 5.95 Å². The molecule has 0 spiro atoms. The summed E-state index contributed by atoms with van der Waals surface area (Å²) in [5, 5.41) is 9.95. The maximum Gasteiger partial charge on any atom is 0.289 e. The summed E-state index contributed by atoms with van der Waals surface area (Å²) < 4.78 is 7.38. The van der Waals surface area contributed by atoms with Crippen molar-refractivity contribution in [2.75, 3.05) is 31.1 Å². The Labute approximate surface area is 174 Å². The normalized spacial score (nSPS) is 15.3. The van der Waals surface area contributed by atoms with Gasteiger partial charge in [-0.3, -0.25) is 4.79 Å². The van der Waals surface area contributed by atoms with Crippen LogP contribution in [0.1, 0.15) is 42.6 Å². The zero-order valence-corrected chi connectivity index (χ0v) is 17.2. The molecule has 0 aliphatic carbocycles. The molecule has 1 amide bonds. The molecule has 0 saturated carbocycles. The Morgan fingerprint density at radius 3 is 2.70 bits per heavy atom. The van der Waals surface area contributed by atoms with Gasteiger partial charge in [-0.2, -0.15) is 0 Å². The maximum atomic E-state index is 12.7. The Morgan fingerprint density at radius 1 is 1.03 bits per heavy atom. The molecule has 1 fully saturated rings. The molecular weight excluding hydrogens is 380 g/mol. The van der Waals surface area contributed by atoms with Crippen LogP contribution in [-0.4, -0.2) is 56.6 Å². The van der Waals surface area contributed by atoms with Crippen LogP contribution in [0.15, 0.2) is 47.1 Å². The molecular formula is C22H24N6O2. The summed E-state index contributed by atoms with van der Waals surface area (Å²) >= 11 is 0. The standard InChI is InChI=1S/C22H24N6O2/c1-15(2)19-24-25-20-16-7-3-4-8-17(16)23-22(28(19)20)27-11-6-10-26(12-13-27)21(29)18-9-5-14-30-18/h3-5,7-9,14-15H,6,10-13H2,1-2H3. The summed E-state index contributed by atoms with van der Waals surface area (Å²) in [5.74, 6) is 2.27. The van der Waals surface area contributed by atoms with Gasteiger partial charge in [0.1, 0.15) is 5.82 Å². The van der Waals surface area contributed by atoms with Crippen molar-refractivity contribution in [3.63, 3.8) is 0 Å². The van der Waals surface area contributed by atoms with E-state index in [4.69, 9.17) is 9.40 Å². The minimum atomic E-state index is -0.0642. The van der Waals surface area contributed by atoms with Gasteiger partial charge in [0.15, 0.2) is 11.4 Å². The number of aromatic nitrogens is 4. The lowest BCUT2D eigenvalue weighted by Gasteiger charge is -2.24. The van der Waals surface area contributed by atoms with Gasteiger partial charge in [-0.05, 0) is 30.7 Å². The van der Waals surface area contributed by atoms with Gasteiger partial charge in [-0.25, -0.2) is 9.38 Å². The quantitative estimate of drug-likeness (QED) is 0.521. The average molecular weight is 404 g/mol. The highest BCUT2D eigenvalue weighted by Crippen LogP contribution is 2.27. The number of carbonyl (C=O) groups excluding carboxylic acids is 1. The van der Waals surface area contributed by atoms with Crippen LogP contribution in [0.2, 0.25) is 0 Å². The molecule has 0 atom stereocenters. The summed E-state index contributed by atoms with van der Waals surface area (Å²) in [5.41, 5.74) is 1.72. The number of hydrogen-bond acceptors (Lipinski definition) is 6. The number of benzene rings is 1. The molecule has 8 nitrogen and oxygen atoms in total. The highest BCUT2D eigenvalue weighted by molar-refractivity contribution is 5.93. The van der Waals surface area contributed by atoms with E-state index >= 15 is 0 Å². The van der Waals surface area contributed by atoms with E-state index in [1.54, 1.807) is 12.1 Å². The fourth-order valence-corrected chi connectivity index (χ4v) is 4.05. The molecule has 30 heavy (non-hydrogen) atoms. The SMILES string of the molecule is CC(C)c1nnc2c3ccccc3nc(N3CCCN(C(=O)c4ccco4)CC3)n12. The Balaban J connectivity index is 1.53. The monoisotopic (exact) mass is 404 g/mol. The zero-order chi connectivity index (χ0) is 20.7. The Hall–Kier alpha value is -3.42. The van der Waals surface area contributed by atoms with E-state index < -0.39 is 0 Å². The number of amides is 1. The summed E-state index contributed by atoms with van der Waals surface area (Å²) in [7, 11) is 0. The third-order valence-electron chi connectivity index (χ3n) is 5.57. The van der Waals surface area contributed by atoms with Gasteiger partial charge < -0.3 is 14.2 Å². The molecule has 1 saturated heterocycles. The number of rotatable bonds is 3. The van der Waals surface area contributed by atoms with E-state index in [9.17, 15) is 4.79 Å². The second-order valence-electron chi connectivity index (χ2n) is 7.91. The van der Waals surface area contributed by atoms with Gasteiger partial charge in [0.25, 0.3) is 5.91 Å². The highest BCUT2D eigenvalue weighted by atomic mass is 16.3. The number of furan rings is 1. The van der Waals surface area contributed by atoms with Gasteiger partial charge in [-0.15, -0.1) is 10.2 Å². The van der Waals surface area contributed by atoms with Crippen molar-refractivity contribution >= 4 is 28.4 Å². The number of para-hydroxylation sites is 1. The topological polar surface area (TPSA) is 79.8 Å². The molecule has 0 unspecified atom stereocenters. The summed E-state index contributed by atoms with van der Waals surface area (Å²) in [6.07, 6.45) is 2.38. The summed E-state index contributed by atoms with van der Waals surface area (Å²) in [6.45, 7) is 7.00. The summed E-state index contributed by atoms with van der Waals surface area (Å²) in [4.78, 5) is 21.8. The van der Waals surface area contributed by atoms with Crippen molar-refractivity contribution in [3.8, 4) is 0 Å². The van der Waals surface area contributed by atoms with Gasteiger partial charge in [0.2, 0.25) is 5.95 Å². The largest absolute Gasteiger partial charge is 0.459 e. The van der Waals surface area contributed by atoms with Crippen LogP contribution >= 0.6 is 0 Å². The van der Waals surface area contributed by atoms with Crippen molar-refractivity contribution in [1.29, 1.82) is 0 Å². The fraction of sp³-hybridized carbons (Fsp3) is 0.364. The first kappa shape index (κ1) is 18.6. The van der Waals surface area contributed by atoms with Crippen LogP contribution in [0.3, 0.4) is 0 Å². The third-order valence-corrected chi connectivity index (χ3v) is 5.57. The second-order valence-corrected chi connectivity index (χ2v) is 7.91. The lowest BCUT2D eigenvalue weighted by Crippen LogP contribution is -2.35. The van der Waals surface area contributed by atoms with Crippen LogP contribution in [0.25, 0.3) is 16.6 Å². The second kappa shape index (κ2) is 7.44. The molecule has 1 aliphatic rings. The summed E-state index contributed by atoms with van der Waals surface area (Å²) in [6, 6.07) is 11.5. The minimum Gasteiger partial charge on any atom is -0.459 e. The zero-order valence-electron chi connectivity index (χ0n) is 17.2. The maximum absolute atomic E-state index is 12.7. The average Bonchev–Trinajstić information content (AvgIpc) is 3.38. The van der Waals surface area contributed by atoms with Crippen molar-refractivity contribution in [1.82, 2.24) is 24.5 Å². The number of nitrogens with zero attached hydrogens (tertiary/aromatic N) is 6. The Bertz CT molecular complexity index is 1200. The molecule has 4 heterocycles. The predicted molar refractivity (Wildman–Crippen MR) is 114 cm³/mol. The van der Waals surface area contributed by atoms with E-state index in [0.29, 0.717) is 25.4 Å². The predicted octanol–water partition coefficient (Wildman–Crippen LogP) is 3.35. The number of fused-ring (bicyclic) bond motifs is 3. The third kappa shape index (κ3) is 3.08. The van der Waals surface area contributed by atoms with E-state index in [1.165, 1.54) is 6.26 Å². The lowest BCUT2D eigenvalue weighted by atomic mass is 10.2. The molecule has 1 aliphatic heterocycles. The first-order valence-corrected chi connectivity index (χ1v) is 10.3. The van der Waals surface area contributed by atoms with Crippen LogP contribution < -0.4 is 4.90 Å². The Morgan fingerprint density at radius 2 is 1.90 bits per heavy atom. The van der Waals surface area contributed by atoms with Crippen molar-refractivity contribution in [3.05, 3.63) is 54.2 Å². The van der Waals surface area contributed by atoms with Crippen LogP contribution in [-0.2, 0) is 0 Å². The molecule has 8 heteroatoms. The number of anilines is 1. The van der Waals surface area contributed by atoms with E-state index in [2.05, 4.69) is 33.3 Å². The first-order chi connectivity index (χ1) is 14.6. The smallest absolute Gasteiger partial charge is 0.289 e. The van der Waals surface area contributed by atoms with Crippen molar-refractivity contribution in [2.24, 2.45) is 0 Å². The van der Waals surface area contributed by atoms with E-state index in [1.807, 2.05) is 29.2 Å². The minimum absolute atomic E-state index is 0.0642. The van der Waals surface area contributed by atoms with E-state index in [0.717, 1.165) is 41.3 Å². The molecule has 154 valence electrons. The molecule has 0 bridgehead atoms. The van der Waals surface area contributed by atoms with Gasteiger partial charge in [0, 0.05) is 37.5 Å². The highest BCUT2D eigenvalue weighted by Gasteiger charge is 2.25. The molecule has 3 aromatic heterocycles. The van der Waals surface area contributed by atoms with Crippen LogP contribution in [0, 0.1) is 0 Å². The van der Waals surface area contributed by atoms with Crippen molar-refractivity contribution < 1.29 is 9.21 Å². The first-order valence-electron chi connectivity index (χ1n) is 10.3. The van der Waals surface area contributed by atoms with E-state index in [-0.39, 0.29) is 11.8 Å². The molecule has 0 radical (unpaired) electrons. The molecule has 1 aromatic carbocycles. The van der Waals surface area contributed by atoms with Crippen molar-refractivity contribution in [2.45, 2.75) is 26.2 Å². The lowest BCUT2D eigenvalue weighted by molar-refractivity contribution is 0.0735. The Kier molecular flexibility index (Phi) is 4.61. The van der Waals surface area contributed by atoms with Gasteiger partial charge in [0.05, 0.1) is 11.8 Å². The number of carbonyl (C=O) groups is 1. The number of hydrogen-bond donors (Lipinski definition) is 0. The van der Waals surface area contributed by atoms with Gasteiger partial charge in [-0.1, -0.05) is 26.0 Å². The molecule has 0 N–H and O–H groups in total. The molecule has 4 aromatic rings.